The average molecular weight is 168 g/mol. The normalized spacial score (nSPS) is 32.4. The fourth-order valence-electron chi connectivity index (χ4n) is 1.87. The molecule has 1 aliphatic rings. The molecule has 70 valence electrons. The molecule has 0 aromatic heterocycles. The third kappa shape index (κ3) is 2.34. The van der Waals surface area contributed by atoms with Crippen LogP contribution in [0.3, 0.4) is 0 Å². The molecule has 0 radical (unpaired) electrons. The first kappa shape index (κ1) is 9.79. The lowest BCUT2D eigenvalue weighted by Crippen LogP contribution is -2.27. The molecule has 12 heavy (non-hydrogen) atoms. The van der Waals surface area contributed by atoms with Crippen LogP contribution < -0.4 is 0 Å². The van der Waals surface area contributed by atoms with Gasteiger partial charge < -0.3 is 5.11 Å². The van der Waals surface area contributed by atoms with Crippen LogP contribution in [0.5, 0.6) is 0 Å². The number of hydrogen-bond acceptors (Lipinski definition) is 1. The molecule has 0 fully saturated rings. The fourth-order valence-corrected chi connectivity index (χ4v) is 1.87. The van der Waals surface area contributed by atoms with Crippen molar-refractivity contribution in [1.82, 2.24) is 0 Å². The first-order valence-electron chi connectivity index (χ1n) is 4.96. The van der Waals surface area contributed by atoms with Crippen molar-refractivity contribution >= 4 is 0 Å². The molecule has 0 unspecified atom stereocenters. The second-order valence-corrected chi connectivity index (χ2v) is 4.40. The molecule has 0 amide bonds. The summed E-state index contributed by atoms with van der Waals surface area (Å²) in [5, 5.41) is 9.82. The molecule has 1 heteroatoms. The Balaban J connectivity index is 2.51. The molecule has 1 N–H and O–H groups in total. The van der Waals surface area contributed by atoms with Gasteiger partial charge >= 0.3 is 0 Å². The molecule has 0 spiro atoms. The number of hydrogen-bond donors (Lipinski definition) is 1. The van der Waals surface area contributed by atoms with E-state index in [1.807, 2.05) is 0 Å². The van der Waals surface area contributed by atoms with Gasteiger partial charge in [-0.25, -0.2) is 0 Å². The molecule has 0 saturated heterocycles. The molecule has 0 aromatic carbocycles. The van der Waals surface area contributed by atoms with Crippen molar-refractivity contribution in [3.8, 4) is 0 Å². The van der Waals surface area contributed by atoms with Crippen molar-refractivity contribution in [2.45, 2.75) is 39.7 Å². The van der Waals surface area contributed by atoms with E-state index in [0.717, 1.165) is 12.3 Å². The lowest BCUT2D eigenvalue weighted by Gasteiger charge is -2.28. The van der Waals surface area contributed by atoms with Crippen molar-refractivity contribution in [2.75, 3.05) is 0 Å². The standard InChI is InChI=1S/C11H20O/c1-8(2)11(12)10-6-4-5-9(3)7-10/h4,6,8-12H,5,7H2,1-3H3/t9-,10+,11+/m1/s1. The summed E-state index contributed by atoms with van der Waals surface area (Å²) in [6, 6.07) is 0. The minimum Gasteiger partial charge on any atom is -0.392 e. The highest BCUT2D eigenvalue weighted by molar-refractivity contribution is 4.98. The summed E-state index contributed by atoms with van der Waals surface area (Å²) in [7, 11) is 0. The molecular weight excluding hydrogens is 148 g/mol. The van der Waals surface area contributed by atoms with Gasteiger partial charge in [-0.15, -0.1) is 0 Å². The number of rotatable bonds is 2. The van der Waals surface area contributed by atoms with Crippen LogP contribution in [-0.2, 0) is 0 Å². The van der Waals surface area contributed by atoms with E-state index in [4.69, 9.17) is 0 Å². The predicted octanol–water partition coefficient (Wildman–Crippen LogP) is 2.61. The highest BCUT2D eigenvalue weighted by Gasteiger charge is 2.23. The molecule has 0 bridgehead atoms. The molecule has 1 nitrogen and oxygen atoms in total. The van der Waals surface area contributed by atoms with Gasteiger partial charge in [0.25, 0.3) is 0 Å². The molecule has 1 rings (SSSR count). The maximum Gasteiger partial charge on any atom is 0.0625 e. The van der Waals surface area contributed by atoms with Gasteiger partial charge in [0.2, 0.25) is 0 Å². The van der Waals surface area contributed by atoms with E-state index in [9.17, 15) is 5.11 Å². The zero-order valence-electron chi connectivity index (χ0n) is 8.33. The number of aliphatic hydroxyl groups is 1. The summed E-state index contributed by atoms with van der Waals surface area (Å²) < 4.78 is 0. The van der Waals surface area contributed by atoms with Gasteiger partial charge in [-0.05, 0) is 24.7 Å². The van der Waals surface area contributed by atoms with Crippen molar-refractivity contribution in [3.63, 3.8) is 0 Å². The van der Waals surface area contributed by atoms with Crippen LogP contribution in [0.25, 0.3) is 0 Å². The Morgan fingerprint density at radius 1 is 1.42 bits per heavy atom. The van der Waals surface area contributed by atoms with Crippen molar-refractivity contribution in [3.05, 3.63) is 12.2 Å². The lowest BCUT2D eigenvalue weighted by atomic mass is 9.81. The Labute approximate surface area is 75.5 Å². The van der Waals surface area contributed by atoms with Crippen LogP contribution in [0.4, 0.5) is 0 Å². The van der Waals surface area contributed by atoms with Gasteiger partial charge in [0.15, 0.2) is 0 Å². The zero-order valence-corrected chi connectivity index (χ0v) is 8.33. The van der Waals surface area contributed by atoms with E-state index < -0.39 is 0 Å². The van der Waals surface area contributed by atoms with Crippen molar-refractivity contribution < 1.29 is 5.11 Å². The van der Waals surface area contributed by atoms with Crippen molar-refractivity contribution in [2.24, 2.45) is 17.8 Å². The van der Waals surface area contributed by atoms with E-state index in [-0.39, 0.29) is 6.10 Å². The third-order valence-corrected chi connectivity index (χ3v) is 2.72. The maximum atomic E-state index is 9.82. The summed E-state index contributed by atoms with van der Waals surface area (Å²) in [6.45, 7) is 6.42. The molecule has 0 saturated carbocycles. The molecule has 1 aliphatic carbocycles. The maximum absolute atomic E-state index is 9.82. The summed E-state index contributed by atoms with van der Waals surface area (Å²) in [5.41, 5.74) is 0. The first-order chi connectivity index (χ1) is 5.61. The van der Waals surface area contributed by atoms with Gasteiger partial charge in [0.1, 0.15) is 0 Å². The molecule has 0 heterocycles. The second kappa shape index (κ2) is 4.08. The Bertz CT molecular complexity index is 160. The summed E-state index contributed by atoms with van der Waals surface area (Å²) in [5.74, 6) is 1.52. The molecule has 0 aliphatic heterocycles. The predicted molar refractivity (Wildman–Crippen MR) is 51.9 cm³/mol. The minimum atomic E-state index is -0.149. The smallest absolute Gasteiger partial charge is 0.0625 e. The summed E-state index contributed by atoms with van der Waals surface area (Å²) in [6.07, 6.45) is 6.58. The first-order valence-corrected chi connectivity index (χ1v) is 4.96. The molecule has 3 atom stereocenters. The van der Waals surface area contributed by atoms with Crippen LogP contribution in [0.15, 0.2) is 12.2 Å². The van der Waals surface area contributed by atoms with Gasteiger partial charge in [-0.3, -0.25) is 0 Å². The minimum absolute atomic E-state index is 0.149. The Morgan fingerprint density at radius 3 is 2.58 bits per heavy atom. The third-order valence-electron chi connectivity index (χ3n) is 2.72. The van der Waals surface area contributed by atoms with Crippen LogP contribution in [0.1, 0.15) is 33.6 Å². The fraction of sp³-hybridized carbons (Fsp3) is 0.818. The quantitative estimate of drug-likeness (QED) is 0.628. The summed E-state index contributed by atoms with van der Waals surface area (Å²) in [4.78, 5) is 0. The Morgan fingerprint density at radius 2 is 2.08 bits per heavy atom. The van der Waals surface area contributed by atoms with Crippen molar-refractivity contribution in [1.29, 1.82) is 0 Å². The van der Waals surface area contributed by atoms with Crippen LogP contribution in [0.2, 0.25) is 0 Å². The highest BCUT2D eigenvalue weighted by atomic mass is 16.3. The van der Waals surface area contributed by atoms with Crippen LogP contribution in [0, 0.1) is 17.8 Å². The summed E-state index contributed by atoms with van der Waals surface area (Å²) >= 11 is 0. The van der Waals surface area contributed by atoms with E-state index >= 15 is 0 Å². The largest absolute Gasteiger partial charge is 0.392 e. The number of aliphatic hydroxyl groups excluding tert-OH is 1. The van der Waals surface area contributed by atoms with E-state index in [1.54, 1.807) is 0 Å². The van der Waals surface area contributed by atoms with Gasteiger partial charge in [-0.2, -0.15) is 0 Å². The molecule has 0 aromatic rings. The van der Waals surface area contributed by atoms with Gasteiger partial charge in [0.05, 0.1) is 6.10 Å². The average Bonchev–Trinajstić information content (AvgIpc) is 2.03. The Hall–Kier alpha value is -0.300. The highest BCUT2D eigenvalue weighted by Crippen LogP contribution is 2.27. The zero-order chi connectivity index (χ0) is 9.14. The van der Waals surface area contributed by atoms with Gasteiger partial charge in [-0.1, -0.05) is 32.9 Å². The van der Waals surface area contributed by atoms with E-state index in [2.05, 4.69) is 32.9 Å². The van der Waals surface area contributed by atoms with E-state index in [1.165, 1.54) is 6.42 Å². The number of allylic oxidation sites excluding steroid dienone is 1. The van der Waals surface area contributed by atoms with Crippen LogP contribution in [-0.4, -0.2) is 11.2 Å². The Kier molecular flexibility index (Phi) is 3.33. The SMILES string of the molecule is CC(C)[C@H](O)[C@H]1C=CC[C@@H](C)C1. The van der Waals surface area contributed by atoms with E-state index in [0.29, 0.717) is 11.8 Å². The van der Waals surface area contributed by atoms with Gasteiger partial charge in [0, 0.05) is 5.92 Å². The molecular formula is C11H20O. The topological polar surface area (TPSA) is 20.2 Å². The van der Waals surface area contributed by atoms with Crippen LogP contribution >= 0.6 is 0 Å². The second-order valence-electron chi connectivity index (χ2n) is 4.40. The monoisotopic (exact) mass is 168 g/mol. The lowest BCUT2D eigenvalue weighted by molar-refractivity contribution is 0.0717.